The van der Waals surface area contributed by atoms with Crippen LogP contribution in [-0.2, 0) is 0 Å². The maximum atomic E-state index is 8.30. The largest absolute Gasteiger partial charge is 0.0862 e. The second-order valence-electron chi connectivity index (χ2n) is 3.70. The van der Waals surface area contributed by atoms with E-state index in [0.717, 1.165) is 5.56 Å². The zero-order valence-electron chi connectivity index (χ0n) is 8.81. The molecule has 0 fully saturated rings. The molecule has 0 radical (unpaired) electrons. The summed E-state index contributed by atoms with van der Waals surface area (Å²) in [6, 6.07) is 8.14. The molecule has 0 amide bonds. The second-order valence-corrected chi connectivity index (χ2v) is 3.70. The number of rotatable bonds is 3. The fraction of sp³-hybridized carbons (Fsp3) is 0.455. The molecule has 0 saturated heterocycles. The third kappa shape index (κ3) is 2.51. The Kier molecular flexibility index (Phi) is 3.55. The van der Waals surface area contributed by atoms with Gasteiger partial charge in [-0.1, -0.05) is 50.2 Å². The SMILES string of the molecule is CC(C)c1ccc([C@@H](C)N=[N+]=[N-])cc1. The number of benzene rings is 1. The Morgan fingerprint density at radius 2 is 1.57 bits per heavy atom. The lowest BCUT2D eigenvalue weighted by atomic mass is 10.00. The summed E-state index contributed by atoms with van der Waals surface area (Å²) < 4.78 is 0. The van der Waals surface area contributed by atoms with E-state index < -0.39 is 0 Å². The molecule has 0 aliphatic carbocycles. The van der Waals surface area contributed by atoms with Crippen LogP contribution in [0.3, 0.4) is 0 Å². The molecule has 0 bridgehead atoms. The Bertz CT molecular complexity index is 334. The standard InChI is InChI=1S/C11H15N3/c1-8(2)10-4-6-11(7-5-10)9(3)13-14-12/h4-9H,1-3H3/t9-/m1/s1. The highest BCUT2D eigenvalue weighted by Gasteiger charge is 2.03. The second kappa shape index (κ2) is 4.68. The highest BCUT2D eigenvalue weighted by atomic mass is 15.1. The van der Waals surface area contributed by atoms with E-state index in [1.807, 2.05) is 19.1 Å². The smallest absolute Gasteiger partial charge is 0.0597 e. The molecule has 0 spiro atoms. The molecule has 74 valence electrons. The maximum absolute atomic E-state index is 8.30. The van der Waals surface area contributed by atoms with Crippen molar-refractivity contribution < 1.29 is 0 Å². The van der Waals surface area contributed by atoms with Crippen molar-refractivity contribution >= 4 is 0 Å². The van der Waals surface area contributed by atoms with Crippen molar-refractivity contribution in [1.82, 2.24) is 0 Å². The molecule has 0 saturated carbocycles. The molecule has 0 unspecified atom stereocenters. The van der Waals surface area contributed by atoms with Gasteiger partial charge in [0.25, 0.3) is 0 Å². The van der Waals surface area contributed by atoms with Crippen molar-refractivity contribution in [2.75, 3.05) is 0 Å². The van der Waals surface area contributed by atoms with Crippen LogP contribution >= 0.6 is 0 Å². The first-order valence-corrected chi connectivity index (χ1v) is 4.79. The number of nitrogens with zero attached hydrogens (tertiary/aromatic N) is 3. The van der Waals surface area contributed by atoms with Gasteiger partial charge in [0.1, 0.15) is 0 Å². The Balaban J connectivity index is 2.87. The van der Waals surface area contributed by atoms with E-state index in [-0.39, 0.29) is 6.04 Å². The van der Waals surface area contributed by atoms with Crippen molar-refractivity contribution in [2.45, 2.75) is 32.7 Å². The van der Waals surface area contributed by atoms with Crippen LogP contribution in [0.4, 0.5) is 0 Å². The first-order valence-electron chi connectivity index (χ1n) is 4.79. The first-order chi connectivity index (χ1) is 6.65. The maximum Gasteiger partial charge on any atom is 0.0597 e. The van der Waals surface area contributed by atoms with E-state index in [1.165, 1.54) is 5.56 Å². The minimum Gasteiger partial charge on any atom is -0.0862 e. The molecule has 0 aliphatic heterocycles. The lowest BCUT2D eigenvalue weighted by molar-refractivity contribution is 0.802. The molecule has 0 N–H and O–H groups in total. The van der Waals surface area contributed by atoms with Crippen molar-refractivity contribution in [2.24, 2.45) is 5.11 Å². The van der Waals surface area contributed by atoms with Crippen LogP contribution in [0.2, 0.25) is 0 Å². The van der Waals surface area contributed by atoms with Gasteiger partial charge in [-0.25, -0.2) is 0 Å². The molecule has 1 rings (SSSR count). The summed E-state index contributed by atoms with van der Waals surface area (Å²) in [7, 11) is 0. The topological polar surface area (TPSA) is 48.8 Å². The summed E-state index contributed by atoms with van der Waals surface area (Å²) in [4.78, 5) is 2.79. The minimum atomic E-state index is -0.0822. The van der Waals surface area contributed by atoms with Gasteiger partial charge in [0.2, 0.25) is 0 Å². The summed E-state index contributed by atoms with van der Waals surface area (Å²) in [5, 5.41) is 3.65. The minimum absolute atomic E-state index is 0.0822. The third-order valence-corrected chi connectivity index (χ3v) is 2.31. The van der Waals surface area contributed by atoms with Gasteiger partial charge in [-0.3, -0.25) is 0 Å². The van der Waals surface area contributed by atoms with Crippen LogP contribution in [0.5, 0.6) is 0 Å². The number of azide groups is 1. The van der Waals surface area contributed by atoms with Crippen LogP contribution in [0.25, 0.3) is 10.4 Å². The molecular weight excluding hydrogens is 174 g/mol. The fourth-order valence-electron chi connectivity index (χ4n) is 1.30. The lowest BCUT2D eigenvalue weighted by Gasteiger charge is -2.08. The summed E-state index contributed by atoms with van der Waals surface area (Å²) in [5.74, 6) is 0.541. The predicted octanol–water partition coefficient (Wildman–Crippen LogP) is 4.18. The summed E-state index contributed by atoms with van der Waals surface area (Å²) >= 11 is 0. The van der Waals surface area contributed by atoms with Gasteiger partial charge < -0.3 is 0 Å². The van der Waals surface area contributed by atoms with Crippen LogP contribution in [0, 0.1) is 0 Å². The molecule has 1 aromatic carbocycles. The molecular formula is C11H15N3. The number of hydrogen-bond donors (Lipinski definition) is 0. The normalized spacial score (nSPS) is 12.3. The first kappa shape index (κ1) is 10.6. The fourth-order valence-corrected chi connectivity index (χ4v) is 1.30. The van der Waals surface area contributed by atoms with E-state index in [1.54, 1.807) is 0 Å². The Morgan fingerprint density at radius 3 is 2.00 bits per heavy atom. The molecule has 3 nitrogen and oxygen atoms in total. The van der Waals surface area contributed by atoms with Crippen molar-refractivity contribution in [3.8, 4) is 0 Å². The zero-order chi connectivity index (χ0) is 10.6. The number of hydrogen-bond acceptors (Lipinski definition) is 1. The Labute approximate surface area is 84.4 Å². The monoisotopic (exact) mass is 189 g/mol. The van der Waals surface area contributed by atoms with E-state index in [4.69, 9.17) is 5.53 Å². The highest BCUT2D eigenvalue weighted by molar-refractivity contribution is 5.26. The van der Waals surface area contributed by atoms with E-state index >= 15 is 0 Å². The molecule has 1 aromatic rings. The van der Waals surface area contributed by atoms with Crippen LogP contribution < -0.4 is 0 Å². The third-order valence-electron chi connectivity index (χ3n) is 2.31. The molecule has 0 aliphatic rings. The Hall–Kier alpha value is -1.47. The van der Waals surface area contributed by atoms with Gasteiger partial charge in [-0.2, -0.15) is 0 Å². The van der Waals surface area contributed by atoms with Gasteiger partial charge in [0.05, 0.1) is 6.04 Å². The predicted molar refractivity (Wildman–Crippen MR) is 58.1 cm³/mol. The van der Waals surface area contributed by atoms with E-state index in [0.29, 0.717) is 5.92 Å². The lowest BCUT2D eigenvalue weighted by Crippen LogP contribution is -1.91. The van der Waals surface area contributed by atoms with Crippen LogP contribution in [0.1, 0.15) is 43.9 Å². The van der Waals surface area contributed by atoms with E-state index in [9.17, 15) is 0 Å². The molecule has 0 aromatic heterocycles. The van der Waals surface area contributed by atoms with Crippen molar-refractivity contribution in [3.63, 3.8) is 0 Å². The van der Waals surface area contributed by atoms with Gasteiger partial charge in [-0.15, -0.1) is 0 Å². The quantitative estimate of drug-likeness (QED) is 0.389. The average molecular weight is 189 g/mol. The van der Waals surface area contributed by atoms with Crippen LogP contribution in [-0.4, -0.2) is 0 Å². The summed E-state index contributed by atoms with van der Waals surface area (Å²) in [6.07, 6.45) is 0. The van der Waals surface area contributed by atoms with E-state index in [2.05, 4.69) is 36.0 Å². The Morgan fingerprint density at radius 1 is 1.07 bits per heavy atom. The summed E-state index contributed by atoms with van der Waals surface area (Å²) in [5.41, 5.74) is 10.7. The van der Waals surface area contributed by atoms with Gasteiger partial charge in [0, 0.05) is 4.91 Å². The zero-order valence-corrected chi connectivity index (χ0v) is 8.81. The van der Waals surface area contributed by atoms with Gasteiger partial charge >= 0.3 is 0 Å². The molecule has 3 heteroatoms. The summed E-state index contributed by atoms with van der Waals surface area (Å²) in [6.45, 7) is 6.21. The molecule has 1 atom stereocenters. The molecule has 0 heterocycles. The van der Waals surface area contributed by atoms with Gasteiger partial charge in [0.15, 0.2) is 0 Å². The highest BCUT2D eigenvalue weighted by Crippen LogP contribution is 2.20. The molecule has 14 heavy (non-hydrogen) atoms. The average Bonchev–Trinajstić information content (AvgIpc) is 2.18. The van der Waals surface area contributed by atoms with Crippen molar-refractivity contribution in [3.05, 3.63) is 45.8 Å². The van der Waals surface area contributed by atoms with Gasteiger partial charge in [-0.05, 0) is 22.6 Å². The van der Waals surface area contributed by atoms with Crippen molar-refractivity contribution in [1.29, 1.82) is 0 Å². The van der Waals surface area contributed by atoms with Crippen LogP contribution in [0.15, 0.2) is 29.4 Å².